The van der Waals surface area contributed by atoms with Crippen LogP contribution in [0.25, 0.3) is 0 Å². The van der Waals surface area contributed by atoms with Crippen LogP contribution in [-0.2, 0) is 6.42 Å². The summed E-state index contributed by atoms with van der Waals surface area (Å²) in [6.07, 6.45) is 0.857. The van der Waals surface area contributed by atoms with Crippen molar-refractivity contribution in [3.8, 4) is 0 Å². The Bertz CT molecular complexity index is 309. The van der Waals surface area contributed by atoms with Gasteiger partial charge in [0.1, 0.15) is 0 Å². The van der Waals surface area contributed by atoms with Gasteiger partial charge in [0.15, 0.2) is 0 Å². The average molecular weight is 246 g/mol. The smallest absolute Gasteiger partial charge is 0.0453 e. The van der Waals surface area contributed by atoms with Crippen LogP contribution in [0.2, 0.25) is 10.0 Å². The predicted octanol–water partition coefficient (Wildman–Crippen LogP) is 3.92. The maximum absolute atomic E-state index is 6.07. The molecule has 0 radical (unpaired) electrons. The van der Waals surface area contributed by atoms with E-state index in [2.05, 4.69) is 26.1 Å². The molecule has 0 unspecified atom stereocenters. The SMILES string of the molecule is CC(C)(C)NCCc1c(Cl)cccc1Cl. The van der Waals surface area contributed by atoms with Crippen molar-refractivity contribution in [1.29, 1.82) is 0 Å². The first-order valence-electron chi connectivity index (χ1n) is 5.08. The molecule has 0 atom stereocenters. The van der Waals surface area contributed by atoms with Gasteiger partial charge in [-0.1, -0.05) is 29.3 Å². The summed E-state index contributed by atoms with van der Waals surface area (Å²) in [5.74, 6) is 0. The summed E-state index contributed by atoms with van der Waals surface area (Å²) in [6, 6.07) is 5.62. The zero-order valence-corrected chi connectivity index (χ0v) is 10.9. The lowest BCUT2D eigenvalue weighted by atomic mass is 10.1. The Labute approximate surface area is 102 Å². The summed E-state index contributed by atoms with van der Waals surface area (Å²) in [7, 11) is 0. The minimum atomic E-state index is 0.133. The van der Waals surface area contributed by atoms with E-state index in [1.54, 1.807) is 0 Å². The van der Waals surface area contributed by atoms with Gasteiger partial charge in [-0.05, 0) is 51.4 Å². The molecule has 0 aromatic heterocycles. The maximum Gasteiger partial charge on any atom is 0.0453 e. The largest absolute Gasteiger partial charge is 0.312 e. The third-order valence-corrected chi connectivity index (χ3v) is 2.80. The fourth-order valence-corrected chi connectivity index (χ4v) is 1.92. The minimum Gasteiger partial charge on any atom is -0.312 e. The highest BCUT2D eigenvalue weighted by Gasteiger charge is 2.10. The molecule has 1 aromatic carbocycles. The topological polar surface area (TPSA) is 12.0 Å². The number of hydrogen-bond acceptors (Lipinski definition) is 1. The number of benzene rings is 1. The second kappa shape index (κ2) is 5.20. The van der Waals surface area contributed by atoms with Gasteiger partial charge in [0.2, 0.25) is 0 Å². The van der Waals surface area contributed by atoms with Crippen molar-refractivity contribution in [2.45, 2.75) is 32.7 Å². The third-order valence-electron chi connectivity index (χ3n) is 2.09. The number of hydrogen-bond donors (Lipinski definition) is 1. The van der Waals surface area contributed by atoms with Gasteiger partial charge in [-0.2, -0.15) is 0 Å². The van der Waals surface area contributed by atoms with Gasteiger partial charge in [0, 0.05) is 15.6 Å². The molecule has 1 nitrogen and oxygen atoms in total. The van der Waals surface area contributed by atoms with Gasteiger partial charge in [-0.25, -0.2) is 0 Å². The third kappa shape index (κ3) is 4.42. The first kappa shape index (κ1) is 12.8. The lowest BCUT2D eigenvalue weighted by Gasteiger charge is -2.20. The van der Waals surface area contributed by atoms with Crippen molar-refractivity contribution in [1.82, 2.24) is 5.32 Å². The highest BCUT2D eigenvalue weighted by molar-refractivity contribution is 6.35. The molecule has 84 valence electrons. The zero-order chi connectivity index (χ0) is 11.5. The van der Waals surface area contributed by atoms with Gasteiger partial charge in [-0.3, -0.25) is 0 Å². The first-order chi connectivity index (χ1) is 6.90. The summed E-state index contributed by atoms with van der Waals surface area (Å²) in [5, 5.41) is 4.90. The maximum atomic E-state index is 6.07. The normalized spacial score (nSPS) is 11.8. The Morgan fingerprint density at radius 3 is 2.13 bits per heavy atom. The Hall–Kier alpha value is -0.240. The minimum absolute atomic E-state index is 0.133. The molecule has 0 fully saturated rings. The van der Waals surface area contributed by atoms with E-state index in [1.165, 1.54) is 0 Å². The molecule has 0 aliphatic heterocycles. The van der Waals surface area contributed by atoms with E-state index in [0.717, 1.165) is 28.6 Å². The highest BCUT2D eigenvalue weighted by atomic mass is 35.5. The van der Waals surface area contributed by atoms with Crippen molar-refractivity contribution in [2.24, 2.45) is 0 Å². The van der Waals surface area contributed by atoms with Crippen LogP contribution < -0.4 is 5.32 Å². The fraction of sp³-hybridized carbons (Fsp3) is 0.500. The van der Waals surface area contributed by atoms with Crippen LogP contribution >= 0.6 is 23.2 Å². The Morgan fingerprint density at radius 2 is 1.67 bits per heavy atom. The number of rotatable bonds is 3. The highest BCUT2D eigenvalue weighted by Crippen LogP contribution is 2.24. The molecule has 1 aromatic rings. The summed E-state index contributed by atoms with van der Waals surface area (Å²) < 4.78 is 0. The summed E-state index contributed by atoms with van der Waals surface area (Å²) in [4.78, 5) is 0. The second-order valence-corrected chi connectivity index (χ2v) is 5.44. The fourth-order valence-electron chi connectivity index (χ4n) is 1.33. The van der Waals surface area contributed by atoms with Gasteiger partial charge in [-0.15, -0.1) is 0 Å². The van der Waals surface area contributed by atoms with Crippen molar-refractivity contribution >= 4 is 23.2 Å². The molecular formula is C12H17Cl2N. The molecule has 0 aliphatic rings. The first-order valence-corrected chi connectivity index (χ1v) is 5.84. The van der Waals surface area contributed by atoms with E-state index in [4.69, 9.17) is 23.2 Å². The van der Waals surface area contributed by atoms with Crippen LogP contribution in [0.3, 0.4) is 0 Å². The van der Waals surface area contributed by atoms with Crippen LogP contribution in [0.1, 0.15) is 26.3 Å². The number of nitrogens with one attached hydrogen (secondary N) is 1. The molecule has 0 heterocycles. The molecule has 15 heavy (non-hydrogen) atoms. The Balaban J connectivity index is 2.58. The van der Waals surface area contributed by atoms with Crippen LogP contribution in [0, 0.1) is 0 Å². The van der Waals surface area contributed by atoms with Crippen molar-refractivity contribution in [3.05, 3.63) is 33.8 Å². The quantitative estimate of drug-likeness (QED) is 0.852. The van der Waals surface area contributed by atoms with E-state index < -0.39 is 0 Å². The molecule has 1 N–H and O–H groups in total. The number of halogens is 2. The van der Waals surface area contributed by atoms with Crippen LogP contribution in [0.4, 0.5) is 0 Å². The van der Waals surface area contributed by atoms with E-state index in [-0.39, 0.29) is 5.54 Å². The van der Waals surface area contributed by atoms with E-state index in [0.29, 0.717) is 0 Å². The average Bonchev–Trinajstić information content (AvgIpc) is 2.08. The zero-order valence-electron chi connectivity index (χ0n) is 9.40. The molecule has 0 amide bonds. The molecule has 0 spiro atoms. The molecule has 0 aliphatic carbocycles. The monoisotopic (exact) mass is 245 g/mol. The van der Waals surface area contributed by atoms with Gasteiger partial charge in [0.05, 0.1) is 0 Å². The molecule has 1 rings (SSSR count). The van der Waals surface area contributed by atoms with Crippen LogP contribution in [0.15, 0.2) is 18.2 Å². The Morgan fingerprint density at radius 1 is 1.13 bits per heavy atom. The van der Waals surface area contributed by atoms with E-state index >= 15 is 0 Å². The molecule has 0 saturated heterocycles. The van der Waals surface area contributed by atoms with Crippen LogP contribution in [-0.4, -0.2) is 12.1 Å². The van der Waals surface area contributed by atoms with Crippen LogP contribution in [0.5, 0.6) is 0 Å². The van der Waals surface area contributed by atoms with Crippen molar-refractivity contribution < 1.29 is 0 Å². The summed E-state index contributed by atoms with van der Waals surface area (Å²) in [5.41, 5.74) is 1.16. The summed E-state index contributed by atoms with van der Waals surface area (Å²) >= 11 is 12.1. The second-order valence-electron chi connectivity index (χ2n) is 4.63. The molecule has 0 bridgehead atoms. The predicted molar refractivity (Wildman–Crippen MR) is 67.9 cm³/mol. The lowest BCUT2D eigenvalue weighted by molar-refractivity contribution is 0.429. The van der Waals surface area contributed by atoms with Crippen molar-refractivity contribution in [2.75, 3.05) is 6.54 Å². The molecule has 0 saturated carbocycles. The Kier molecular flexibility index (Phi) is 4.45. The standard InChI is InChI=1S/C12H17Cl2N/c1-12(2,3)15-8-7-9-10(13)5-4-6-11(9)14/h4-6,15H,7-8H2,1-3H3. The van der Waals surface area contributed by atoms with Gasteiger partial charge >= 0.3 is 0 Å². The lowest BCUT2D eigenvalue weighted by Crippen LogP contribution is -2.37. The van der Waals surface area contributed by atoms with Gasteiger partial charge < -0.3 is 5.32 Å². The molecular weight excluding hydrogens is 229 g/mol. The van der Waals surface area contributed by atoms with E-state index in [9.17, 15) is 0 Å². The van der Waals surface area contributed by atoms with Crippen molar-refractivity contribution in [3.63, 3.8) is 0 Å². The molecule has 3 heteroatoms. The van der Waals surface area contributed by atoms with E-state index in [1.807, 2.05) is 18.2 Å². The van der Waals surface area contributed by atoms with Gasteiger partial charge in [0.25, 0.3) is 0 Å². The summed E-state index contributed by atoms with van der Waals surface area (Å²) in [6.45, 7) is 7.30.